The molecule has 0 aromatic carbocycles. The van der Waals surface area contributed by atoms with Crippen LogP contribution < -0.4 is 5.73 Å². The van der Waals surface area contributed by atoms with Crippen LogP contribution in [0.25, 0.3) is 0 Å². The largest absolute Gasteiger partial charge is 0.330 e. The summed E-state index contributed by atoms with van der Waals surface area (Å²) in [5.74, 6) is 3.12. The van der Waals surface area contributed by atoms with Crippen LogP contribution in [0.4, 0.5) is 0 Å². The first-order chi connectivity index (χ1) is 7.31. The van der Waals surface area contributed by atoms with Crippen LogP contribution >= 0.6 is 11.8 Å². The molecule has 0 heterocycles. The van der Waals surface area contributed by atoms with E-state index in [-0.39, 0.29) is 0 Å². The highest BCUT2D eigenvalue weighted by Gasteiger charge is 2.28. The molecule has 2 heteroatoms. The van der Waals surface area contributed by atoms with Gasteiger partial charge in [0.2, 0.25) is 0 Å². The summed E-state index contributed by atoms with van der Waals surface area (Å²) in [5, 5.41) is 0.861. The summed E-state index contributed by atoms with van der Waals surface area (Å²) in [4.78, 5) is 0. The van der Waals surface area contributed by atoms with Crippen LogP contribution in [0.2, 0.25) is 0 Å². The minimum absolute atomic E-state index is 0.801. The van der Waals surface area contributed by atoms with E-state index >= 15 is 0 Å². The average molecular weight is 229 g/mol. The molecule has 0 aliphatic heterocycles. The van der Waals surface area contributed by atoms with E-state index in [0.717, 1.165) is 23.6 Å². The number of hydrogen-bond donors (Lipinski definition) is 1. The predicted octanol–water partition coefficient (Wildman–Crippen LogP) is 3.67. The normalized spacial score (nSPS) is 31.8. The van der Waals surface area contributed by atoms with Crippen molar-refractivity contribution in [2.75, 3.05) is 12.3 Å². The molecule has 1 saturated carbocycles. The van der Waals surface area contributed by atoms with Crippen molar-refractivity contribution in [3.63, 3.8) is 0 Å². The van der Waals surface area contributed by atoms with Gasteiger partial charge in [-0.15, -0.1) is 0 Å². The van der Waals surface area contributed by atoms with Gasteiger partial charge in [0.1, 0.15) is 0 Å². The molecule has 1 aliphatic carbocycles. The first-order valence-corrected chi connectivity index (χ1v) is 7.68. The molecule has 0 radical (unpaired) electrons. The molecule has 0 bridgehead atoms. The van der Waals surface area contributed by atoms with Gasteiger partial charge >= 0.3 is 0 Å². The van der Waals surface area contributed by atoms with Crippen LogP contribution in [0.15, 0.2) is 0 Å². The van der Waals surface area contributed by atoms with Crippen molar-refractivity contribution in [2.45, 2.75) is 57.6 Å². The molecule has 0 aromatic heterocycles. The number of unbranched alkanes of at least 4 members (excludes halogenated alkanes) is 1. The van der Waals surface area contributed by atoms with E-state index in [1.54, 1.807) is 0 Å². The second kappa shape index (κ2) is 7.56. The van der Waals surface area contributed by atoms with E-state index in [1.807, 2.05) is 0 Å². The van der Waals surface area contributed by atoms with E-state index in [9.17, 15) is 0 Å². The van der Waals surface area contributed by atoms with Crippen LogP contribution in [0.1, 0.15) is 52.4 Å². The maximum atomic E-state index is 5.87. The van der Waals surface area contributed by atoms with Gasteiger partial charge in [-0.25, -0.2) is 0 Å². The molecule has 0 amide bonds. The summed E-state index contributed by atoms with van der Waals surface area (Å²) in [6.07, 6.45) is 8.27. The average Bonchev–Trinajstić information content (AvgIpc) is 2.29. The van der Waals surface area contributed by atoms with E-state index in [1.165, 1.54) is 44.3 Å². The van der Waals surface area contributed by atoms with Crippen molar-refractivity contribution < 1.29 is 0 Å². The molecule has 0 saturated heterocycles. The maximum absolute atomic E-state index is 5.87. The van der Waals surface area contributed by atoms with Crippen LogP contribution in [0.3, 0.4) is 0 Å². The van der Waals surface area contributed by atoms with Gasteiger partial charge in [0.25, 0.3) is 0 Å². The lowest BCUT2D eigenvalue weighted by Crippen LogP contribution is -2.32. The molecule has 0 aromatic rings. The summed E-state index contributed by atoms with van der Waals surface area (Å²) in [6.45, 7) is 5.51. The quantitative estimate of drug-likeness (QED) is 0.703. The highest BCUT2D eigenvalue weighted by molar-refractivity contribution is 7.99. The Labute approximate surface area is 99.6 Å². The standard InChI is InChI=1S/C13H27NS/c1-3-5-8-15-13-9-11(4-2)6-7-12(13)10-14/h11-13H,3-10,14H2,1-2H3. The fourth-order valence-electron chi connectivity index (χ4n) is 2.50. The molecule has 1 fully saturated rings. The summed E-state index contributed by atoms with van der Waals surface area (Å²) in [7, 11) is 0. The zero-order valence-electron chi connectivity index (χ0n) is 10.4. The lowest BCUT2D eigenvalue weighted by molar-refractivity contribution is 0.283. The Balaban J connectivity index is 2.33. The van der Waals surface area contributed by atoms with Crippen LogP contribution in [-0.4, -0.2) is 17.5 Å². The minimum Gasteiger partial charge on any atom is -0.330 e. The molecule has 1 nitrogen and oxygen atoms in total. The molecule has 3 unspecified atom stereocenters. The summed E-state index contributed by atoms with van der Waals surface area (Å²) in [6, 6.07) is 0. The van der Waals surface area contributed by atoms with Gasteiger partial charge in [0.05, 0.1) is 0 Å². The first kappa shape index (κ1) is 13.4. The Morgan fingerprint density at radius 3 is 2.67 bits per heavy atom. The second-order valence-electron chi connectivity index (χ2n) is 4.85. The Bertz CT molecular complexity index is 161. The molecule has 90 valence electrons. The van der Waals surface area contributed by atoms with Gasteiger partial charge in [0.15, 0.2) is 0 Å². The van der Waals surface area contributed by atoms with Crippen molar-refractivity contribution in [1.82, 2.24) is 0 Å². The Morgan fingerprint density at radius 2 is 2.07 bits per heavy atom. The lowest BCUT2D eigenvalue weighted by atomic mass is 9.80. The lowest BCUT2D eigenvalue weighted by Gasteiger charge is -2.35. The molecule has 15 heavy (non-hydrogen) atoms. The maximum Gasteiger partial charge on any atom is 0.00899 e. The van der Waals surface area contributed by atoms with Crippen LogP contribution in [0.5, 0.6) is 0 Å². The third-order valence-corrected chi connectivity index (χ3v) is 5.28. The zero-order valence-corrected chi connectivity index (χ0v) is 11.2. The van der Waals surface area contributed by atoms with Gasteiger partial charge in [-0.2, -0.15) is 11.8 Å². The van der Waals surface area contributed by atoms with Crippen LogP contribution in [0, 0.1) is 11.8 Å². The number of rotatable bonds is 6. The Morgan fingerprint density at radius 1 is 1.27 bits per heavy atom. The third-order valence-electron chi connectivity index (χ3n) is 3.75. The predicted molar refractivity (Wildman–Crippen MR) is 71.3 cm³/mol. The van der Waals surface area contributed by atoms with Crippen LogP contribution in [-0.2, 0) is 0 Å². The van der Waals surface area contributed by atoms with Crippen molar-refractivity contribution >= 4 is 11.8 Å². The summed E-state index contributed by atoms with van der Waals surface area (Å²) >= 11 is 2.19. The van der Waals surface area contributed by atoms with Crippen molar-refractivity contribution in [3.05, 3.63) is 0 Å². The molecule has 0 spiro atoms. The minimum atomic E-state index is 0.801. The fourth-order valence-corrected chi connectivity index (χ4v) is 4.18. The van der Waals surface area contributed by atoms with Gasteiger partial charge < -0.3 is 5.73 Å². The van der Waals surface area contributed by atoms with E-state index < -0.39 is 0 Å². The molecule has 1 rings (SSSR count). The molecular formula is C13H27NS. The zero-order chi connectivity index (χ0) is 11.1. The summed E-state index contributed by atoms with van der Waals surface area (Å²) in [5.41, 5.74) is 5.87. The van der Waals surface area contributed by atoms with Gasteiger partial charge in [-0.05, 0) is 43.4 Å². The number of thioether (sulfide) groups is 1. The van der Waals surface area contributed by atoms with Crippen molar-refractivity contribution in [2.24, 2.45) is 17.6 Å². The SMILES string of the molecule is CCCCSC1CC(CC)CCC1CN. The number of hydrogen-bond acceptors (Lipinski definition) is 2. The highest BCUT2D eigenvalue weighted by atomic mass is 32.2. The van der Waals surface area contributed by atoms with Gasteiger partial charge in [-0.3, -0.25) is 0 Å². The van der Waals surface area contributed by atoms with Gasteiger partial charge in [0, 0.05) is 5.25 Å². The molecule has 3 atom stereocenters. The smallest absolute Gasteiger partial charge is 0.00899 e. The highest BCUT2D eigenvalue weighted by Crippen LogP contribution is 2.37. The van der Waals surface area contributed by atoms with Crippen molar-refractivity contribution in [3.8, 4) is 0 Å². The molecule has 2 N–H and O–H groups in total. The number of nitrogens with two attached hydrogens (primary N) is 1. The topological polar surface area (TPSA) is 26.0 Å². The Hall–Kier alpha value is 0.310. The third kappa shape index (κ3) is 4.36. The Kier molecular flexibility index (Phi) is 6.74. The fraction of sp³-hybridized carbons (Fsp3) is 1.00. The molecule has 1 aliphatic rings. The first-order valence-electron chi connectivity index (χ1n) is 6.63. The van der Waals surface area contributed by atoms with E-state index in [0.29, 0.717) is 0 Å². The van der Waals surface area contributed by atoms with E-state index in [2.05, 4.69) is 25.6 Å². The van der Waals surface area contributed by atoms with E-state index in [4.69, 9.17) is 5.73 Å². The second-order valence-corrected chi connectivity index (χ2v) is 6.19. The van der Waals surface area contributed by atoms with Gasteiger partial charge in [-0.1, -0.05) is 33.1 Å². The van der Waals surface area contributed by atoms with Crippen molar-refractivity contribution in [1.29, 1.82) is 0 Å². The molecular weight excluding hydrogens is 202 g/mol. The summed E-state index contributed by atoms with van der Waals surface area (Å²) < 4.78 is 0. The monoisotopic (exact) mass is 229 g/mol.